The molecule has 0 atom stereocenters. The smallest absolute Gasteiger partial charge is 0.233 e. The second-order valence-electron chi connectivity index (χ2n) is 6.18. The summed E-state index contributed by atoms with van der Waals surface area (Å²) in [5, 5.41) is 3.00. The van der Waals surface area contributed by atoms with Crippen molar-refractivity contribution in [3.63, 3.8) is 0 Å². The van der Waals surface area contributed by atoms with Crippen molar-refractivity contribution < 1.29 is 9.18 Å². The molecule has 1 saturated carbocycles. The fourth-order valence-corrected chi connectivity index (χ4v) is 3.99. The van der Waals surface area contributed by atoms with Crippen LogP contribution in [0.25, 0.3) is 0 Å². The number of hydrogen-bond donors (Lipinski definition) is 0. The summed E-state index contributed by atoms with van der Waals surface area (Å²) in [5.74, 6) is -0.0584. The Morgan fingerprint density at radius 1 is 1.13 bits per heavy atom. The number of halogens is 1. The third-order valence-corrected chi connectivity index (χ3v) is 5.65. The maximum absolute atomic E-state index is 13.1. The number of nitrogens with zero attached hydrogens (tertiary/aromatic N) is 3. The van der Waals surface area contributed by atoms with Crippen molar-refractivity contribution in [2.24, 2.45) is 0 Å². The quantitative estimate of drug-likeness (QED) is 0.868. The van der Waals surface area contributed by atoms with E-state index >= 15 is 0 Å². The number of amides is 1. The van der Waals surface area contributed by atoms with E-state index in [0.29, 0.717) is 0 Å². The van der Waals surface area contributed by atoms with Crippen molar-refractivity contribution in [3.8, 4) is 0 Å². The van der Waals surface area contributed by atoms with Crippen molar-refractivity contribution in [3.05, 3.63) is 47.2 Å². The number of thiazole rings is 1. The van der Waals surface area contributed by atoms with E-state index in [9.17, 15) is 9.18 Å². The number of rotatable bonds is 3. The van der Waals surface area contributed by atoms with Gasteiger partial charge in [0, 0.05) is 37.8 Å². The molecule has 0 bridgehead atoms. The number of carbonyl (C=O) groups excluding carboxylic acids is 1. The maximum atomic E-state index is 13.1. The Bertz CT molecular complexity index is 689. The summed E-state index contributed by atoms with van der Waals surface area (Å²) in [6.07, 6.45) is 3.54. The van der Waals surface area contributed by atoms with Crippen LogP contribution in [0.15, 0.2) is 35.8 Å². The third kappa shape index (κ3) is 2.61. The lowest BCUT2D eigenvalue weighted by Gasteiger charge is -2.36. The van der Waals surface area contributed by atoms with E-state index < -0.39 is 5.41 Å². The molecule has 1 amide bonds. The van der Waals surface area contributed by atoms with Gasteiger partial charge in [-0.25, -0.2) is 9.37 Å². The number of benzene rings is 1. The second-order valence-corrected chi connectivity index (χ2v) is 7.06. The van der Waals surface area contributed by atoms with Crippen LogP contribution in [0.3, 0.4) is 0 Å². The predicted molar refractivity (Wildman–Crippen MR) is 88.2 cm³/mol. The normalized spacial score (nSPS) is 19.7. The van der Waals surface area contributed by atoms with Gasteiger partial charge in [-0.2, -0.15) is 0 Å². The van der Waals surface area contributed by atoms with Crippen LogP contribution in [-0.2, 0) is 10.2 Å². The number of anilines is 1. The highest BCUT2D eigenvalue weighted by atomic mass is 32.1. The number of aromatic nitrogens is 1. The molecule has 1 aromatic carbocycles. The van der Waals surface area contributed by atoms with E-state index in [1.54, 1.807) is 23.5 Å². The van der Waals surface area contributed by atoms with Crippen LogP contribution in [0, 0.1) is 5.82 Å². The zero-order chi connectivity index (χ0) is 15.9. The highest BCUT2D eigenvalue weighted by molar-refractivity contribution is 7.13. The Labute approximate surface area is 138 Å². The minimum absolute atomic E-state index is 0.197. The summed E-state index contributed by atoms with van der Waals surface area (Å²) in [7, 11) is 0. The Morgan fingerprint density at radius 3 is 2.39 bits per heavy atom. The average Bonchev–Trinajstić information content (AvgIpc) is 3.21. The van der Waals surface area contributed by atoms with Crippen molar-refractivity contribution in [2.45, 2.75) is 18.3 Å². The van der Waals surface area contributed by atoms with Gasteiger partial charge in [0.1, 0.15) is 5.82 Å². The number of piperazine rings is 1. The molecule has 23 heavy (non-hydrogen) atoms. The minimum atomic E-state index is -0.406. The summed E-state index contributed by atoms with van der Waals surface area (Å²) >= 11 is 1.63. The molecule has 4 rings (SSSR count). The van der Waals surface area contributed by atoms with Crippen molar-refractivity contribution in [2.75, 3.05) is 31.1 Å². The molecule has 1 saturated heterocycles. The number of hydrogen-bond acceptors (Lipinski definition) is 4. The first-order valence-electron chi connectivity index (χ1n) is 7.89. The SMILES string of the molecule is O=C(N1CCN(c2nccs2)CC1)C1(c2ccc(F)cc2)CC1. The lowest BCUT2D eigenvalue weighted by molar-refractivity contribution is -0.134. The minimum Gasteiger partial charge on any atom is -0.345 e. The van der Waals surface area contributed by atoms with Crippen molar-refractivity contribution >= 4 is 22.4 Å². The standard InChI is InChI=1S/C17H18FN3OS/c18-14-3-1-13(2-4-14)17(5-6-17)15(22)20-8-10-21(11-9-20)16-19-7-12-23-16/h1-4,7,12H,5-6,8-11H2. The second kappa shape index (κ2) is 5.60. The Hall–Kier alpha value is -1.95. The molecule has 1 aromatic heterocycles. The van der Waals surface area contributed by atoms with E-state index in [-0.39, 0.29) is 11.7 Å². The molecule has 4 nitrogen and oxygen atoms in total. The molecular weight excluding hydrogens is 313 g/mol. The summed E-state index contributed by atoms with van der Waals surface area (Å²) in [6.45, 7) is 3.08. The lowest BCUT2D eigenvalue weighted by atomic mass is 9.94. The molecule has 0 N–H and O–H groups in total. The summed E-state index contributed by atoms with van der Waals surface area (Å²) in [4.78, 5) is 21.5. The molecule has 1 aliphatic carbocycles. The van der Waals surface area contributed by atoms with Crippen LogP contribution in [0.2, 0.25) is 0 Å². The van der Waals surface area contributed by atoms with Gasteiger partial charge in [-0.15, -0.1) is 11.3 Å². The van der Waals surface area contributed by atoms with Gasteiger partial charge in [-0.1, -0.05) is 12.1 Å². The average molecular weight is 331 g/mol. The fraction of sp³-hybridized carbons (Fsp3) is 0.412. The zero-order valence-corrected chi connectivity index (χ0v) is 13.6. The Morgan fingerprint density at radius 2 is 1.83 bits per heavy atom. The molecule has 0 unspecified atom stereocenters. The van der Waals surface area contributed by atoms with Crippen LogP contribution in [-0.4, -0.2) is 42.0 Å². The zero-order valence-electron chi connectivity index (χ0n) is 12.7. The monoisotopic (exact) mass is 331 g/mol. The molecule has 2 fully saturated rings. The predicted octanol–water partition coefficient (Wildman–Crippen LogP) is 2.66. The van der Waals surface area contributed by atoms with Gasteiger partial charge in [0.25, 0.3) is 0 Å². The van der Waals surface area contributed by atoms with Gasteiger partial charge in [-0.3, -0.25) is 4.79 Å². The molecular formula is C17H18FN3OS. The van der Waals surface area contributed by atoms with Gasteiger partial charge < -0.3 is 9.80 Å². The first-order chi connectivity index (χ1) is 11.2. The molecule has 2 aromatic rings. The largest absolute Gasteiger partial charge is 0.345 e. The fourth-order valence-electron chi connectivity index (χ4n) is 3.30. The van der Waals surface area contributed by atoms with E-state index in [1.807, 2.05) is 16.5 Å². The highest BCUT2D eigenvalue weighted by Crippen LogP contribution is 2.49. The molecule has 0 radical (unpaired) electrons. The molecule has 2 aliphatic rings. The summed E-state index contributed by atoms with van der Waals surface area (Å²) in [6, 6.07) is 6.41. The summed E-state index contributed by atoms with van der Waals surface area (Å²) in [5.41, 5.74) is 0.545. The Balaban J connectivity index is 1.45. The van der Waals surface area contributed by atoms with Crippen LogP contribution in [0.4, 0.5) is 9.52 Å². The number of carbonyl (C=O) groups is 1. The molecule has 6 heteroatoms. The highest BCUT2D eigenvalue weighted by Gasteiger charge is 2.53. The van der Waals surface area contributed by atoms with Gasteiger partial charge in [0.15, 0.2) is 5.13 Å². The van der Waals surface area contributed by atoms with Crippen LogP contribution in [0.5, 0.6) is 0 Å². The molecule has 120 valence electrons. The van der Waals surface area contributed by atoms with E-state index in [0.717, 1.165) is 49.7 Å². The molecule has 2 heterocycles. The summed E-state index contributed by atoms with van der Waals surface area (Å²) < 4.78 is 13.1. The first-order valence-corrected chi connectivity index (χ1v) is 8.77. The first kappa shape index (κ1) is 14.6. The van der Waals surface area contributed by atoms with E-state index in [1.165, 1.54) is 12.1 Å². The molecule has 0 spiro atoms. The molecule has 1 aliphatic heterocycles. The van der Waals surface area contributed by atoms with Gasteiger partial charge in [0.2, 0.25) is 5.91 Å². The lowest BCUT2D eigenvalue weighted by Crippen LogP contribution is -2.51. The van der Waals surface area contributed by atoms with Crippen LogP contribution >= 0.6 is 11.3 Å². The Kier molecular flexibility index (Phi) is 3.56. The van der Waals surface area contributed by atoms with Gasteiger partial charge in [0.05, 0.1) is 5.41 Å². The van der Waals surface area contributed by atoms with Crippen molar-refractivity contribution in [1.29, 1.82) is 0 Å². The third-order valence-electron chi connectivity index (χ3n) is 4.81. The van der Waals surface area contributed by atoms with Gasteiger partial charge >= 0.3 is 0 Å². The van der Waals surface area contributed by atoms with Crippen molar-refractivity contribution in [1.82, 2.24) is 9.88 Å². The van der Waals surface area contributed by atoms with Crippen LogP contribution < -0.4 is 4.90 Å². The topological polar surface area (TPSA) is 36.4 Å². The van der Waals surface area contributed by atoms with Gasteiger partial charge in [-0.05, 0) is 30.5 Å². The maximum Gasteiger partial charge on any atom is 0.233 e. The van der Waals surface area contributed by atoms with E-state index in [2.05, 4.69) is 9.88 Å². The van der Waals surface area contributed by atoms with E-state index in [4.69, 9.17) is 0 Å². The van der Waals surface area contributed by atoms with Crippen LogP contribution in [0.1, 0.15) is 18.4 Å².